The number of aryl methyl sites for hydroxylation is 2. The number of nitrogens with one attached hydrogen (secondary N) is 2. The fraction of sp³-hybridized carbons (Fsp3) is 0.308. The summed E-state index contributed by atoms with van der Waals surface area (Å²) in [5.74, 6) is -0.211. The maximum absolute atomic E-state index is 12.0. The van der Waals surface area contributed by atoms with E-state index >= 15 is 0 Å². The summed E-state index contributed by atoms with van der Waals surface area (Å²) >= 11 is 1.24. The lowest BCUT2D eigenvalue weighted by molar-refractivity contribution is 0.102. The second-order valence-corrected chi connectivity index (χ2v) is 5.43. The average Bonchev–Trinajstić information content (AvgIpc) is 3.06. The number of anilines is 2. The van der Waals surface area contributed by atoms with Crippen LogP contribution in [-0.2, 0) is 12.8 Å². The van der Waals surface area contributed by atoms with Gasteiger partial charge in [0.15, 0.2) is 0 Å². The van der Waals surface area contributed by atoms with Crippen molar-refractivity contribution in [1.82, 2.24) is 10.2 Å². The molecule has 3 rings (SSSR count). The molecular weight excluding hydrogens is 260 g/mol. The molecule has 0 bridgehead atoms. The van der Waals surface area contributed by atoms with Crippen LogP contribution in [0.25, 0.3) is 0 Å². The smallest absolute Gasteiger partial charge is 0.286 e. The van der Waals surface area contributed by atoms with Gasteiger partial charge in [0.05, 0.1) is 0 Å². The Hall–Kier alpha value is -1.95. The Bertz CT molecular complexity index is 623. The summed E-state index contributed by atoms with van der Waals surface area (Å²) < 4.78 is 0. The minimum Gasteiger partial charge on any atom is -0.363 e. The standard InChI is InChI=1S/C13H14N4OS/c1-14-13-17-16-12(19-13)11(18)15-10-6-5-8-3-2-4-9(8)7-10/h5-7H,2-4H2,1H3,(H,14,17)(H,15,18). The van der Waals surface area contributed by atoms with Gasteiger partial charge >= 0.3 is 0 Å². The Morgan fingerprint density at radius 3 is 2.89 bits per heavy atom. The number of hydrogen-bond donors (Lipinski definition) is 2. The van der Waals surface area contributed by atoms with E-state index in [2.05, 4.69) is 33.0 Å². The van der Waals surface area contributed by atoms with Gasteiger partial charge in [-0.15, -0.1) is 10.2 Å². The van der Waals surface area contributed by atoms with Crippen LogP contribution in [0.15, 0.2) is 18.2 Å². The molecule has 0 saturated heterocycles. The molecule has 2 aromatic rings. The number of rotatable bonds is 3. The molecule has 6 heteroatoms. The largest absolute Gasteiger partial charge is 0.363 e. The molecule has 0 saturated carbocycles. The predicted molar refractivity (Wildman–Crippen MR) is 75.9 cm³/mol. The number of carbonyl (C=O) groups is 1. The van der Waals surface area contributed by atoms with E-state index in [4.69, 9.17) is 0 Å². The normalized spacial score (nSPS) is 13.1. The zero-order valence-electron chi connectivity index (χ0n) is 10.6. The Balaban J connectivity index is 1.75. The van der Waals surface area contributed by atoms with Gasteiger partial charge in [-0.05, 0) is 42.5 Å². The Labute approximate surface area is 115 Å². The molecular formula is C13H14N4OS. The van der Waals surface area contributed by atoms with Gasteiger partial charge in [-0.2, -0.15) is 0 Å². The van der Waals surface area contributed by atoms with Crippen LogP contribution in [0.3, 0.4) is 0 Å². The summed E-state index contributed by atoms with van der Waals surface area (Å²) in [6.45, 7) is 0. The molecule has 1 aromatic heterocycles. The van der Waals surface area contributed by atoms with E-state index in [1.807, 2.05) is 6.07 Å². The van der Waals surface area contributed by atoms with Gasteiger partial charge in [-0.25, -0.2) is 0 Å². The summed E-state index contributed by atoms with van der Waals surface area (Å²) in [7, 11) is 1.75. The fourth-order valence-corrected chi connectivity index (χ4v) is 2.84. The summed E-state index contributed by atoms with van der Waals surface area (Å²) in [6.07, 6.45) is 3.45. The fourth-order valence-electron chi connectivity index (χ4n) is 2.25. The SMILES string of the molecule is CNc1nnc(C(=O)Nc2ccc3c(c2)CCC3)s1. The molecule has 0 unspecified atom stereocenters. The van der Waals surface area contributed by atoms with Gasteiger partial charge in [0, 0.05) is 12.7 Å². The van der Waals surface area contributed by atoms with Crippen LogP contribution in [-0.4, -0.2) is 23.2 Å². The molecule has 1 aliphatic carbocycles. The van der Waals surface area contributed by atoms with Crippen molar-refractivity contribution in [1.29, 1.82) is 0 Å². The highest BCUT2D eigenvalue weighted by molar-refractivity contribution is 7.17. The zero-order valence-corrected chi connectivity index (χ0v) is 11.4. The molecule has 0 atom stereocenters. The van der Waals surface area contributed by atoms with E-state index in [1.54, 1.807) is 7.05 Å². The molecule has 0 spiro atoms. The van der Waals surface area contributed by atoms with Gasteiger partial charge < -0.3 is 10.6 Å². The third kappa shape index (κ3) is 2.44. The monoisotopic (exact) mass is 274 g/mol. The van der Waals surface area contributed by atoms with Gasteiger partial charge in [0.1, 0.15) is 0 Å². The number of aromatic nitrogens is 2. The van der Waals surface area contributed by atoms with E-state index in [1.165, 1.54) is 28.9 Å². The predicted octanol–water partition coefficient (Wildman–Crippen LogP) is 2.32. The van der Waals surface area contributed by atoms with Gasteiger partial charge in [0.2, 0.25) is 10.1 Å². The number of hydrogen-bond acceptors (Lipinski definition) is 5. The molecule has 2 N–H and O–H groups in total. The lowest BCUT2D eigenvalue weighted by Crippen LogP contribution is -2.11. The first-order valence-corrected chi connectivity index (χ1v) is 7.02. The van der Waals surface area contributed by atoms with Gasteiger partial charge in [0.25, 0.3) is 5.91 Å². The van der Waals surface area contributed by atoms with E-state index in [-0.39, 0.29) is 5.91 Å². The number of carbonyl (C=O) groups excluding carboxylic acids is 1. The maximum atomic E-state index is 12.0. The van der Waals surface area contributed by atoms with Crippen molar-refractivity contribution in [2.75, 3.05) is 17.7 Å². The van der Waals surface area contributed by atoms with Crippen molar-refractivity contribution in [2.24, 2.45) is 0 Å². The van der Waals surface area contributed by atoms with Crippen molar-refractivity contribution < 1.29 is 4.79 Å². The summed E-state index contributed by atoms with van der Waals surface area (Å²) in [6, 6.07) is 6.10. The third-order valence-corrected chi connectivity index (χ3v) is 4.13. The summed E-state index contributed by atoms with van der Waals surface area (Å²) in [5, 5.41) is 14.4. The molecule has 1 aliphatic rings. The molecule has 1 amide bonds. The van der Waals surface area contributed by atoms with Gasteiger partial charge in [-0.1, -0.05) is 17.4 Å². The van der Waals surface area contributed by atoms with Crippen molar-refractivity contribution >= 4 is 28.1 Å². The first-order valence-electron chi connectivity index (χ1n) is 6.20. The topological polar surface area (TPSA) is 66.9 Å². The highest BCUT2D eigenvalue weighted by atomic mass is 32.1. The molecule has 98 valence electrons. The minimum absolute atomic E-state index is 0.211. The highest BCUT2D eigenvalue weighted by Crippen LogP contribution is 2.25. The lowest BCUT2D eigenvalue weighted by atomic mass is 10.1. The second kappa shape index (κ2) is 4.97. The highest BCUT2D eigenvalue weighted by Gasteiger charge is 2.15. The number of fused-ring (bicyclic) bond motifs is 1. The zero-order chi connectivity index (χ0) is 13.2. The molecule has 19 heavy (non-hydrogen) atoms. The third-order valence-electron chi connectivity index (χ3n) is 3.19. The van der Waals surface area contributed by atoms with Crippen molar-refractivity contribution in [2.45, 2.75) is 19.3 Å². The van der Waals surface area contributed by atoms with Crippen LogP contribution in [0.5, 0.6) is 0 Å². The Morgan fingerprint density at radius 2 is 2.11 bits per heavy atom. The summed E-state index contributed by atoms with van der Waals surface area (Å²) in [4.78, 5) is 12.0. The molecule has 1 aromatic carbocycles. The molecule has 5 nitrogen and oxygen atoms in total. The Morgan fingerprint density at radius 1 is 1.26 bits per heavy atom. The van der Waals surface area contributed by atoms with E-state index in [0.717, 1.165) is 18.5 Å². The van der Waals surface area contributed by atoms with Crippen LogP contribution in [0.1, 0.15) is 27.3 Å². The van der Waals surface area contributed by atoms with Crippen LogP contribution in [0.2, 0.25) is 0 Å². The van der Waals surface area contributed by atoms with Crippen molar-refractivity contribution in [3.05, 3.63) is 34.3 Å². The lowest BCUT2D eigenvalue weighted by Gasteiger charge is -2.05. The molecule has 1 heterocycles. The number of amides is 1. The molecule has 0 fully saturated rings. The number of benzene rings is 1. The first kappa shape index (κ1) is 12.1. The number of nitrogens with zero attached hydrogens (tertiary/aromatic N) is 2. The first-order chi connectivity index (χ1) is 9.26. The average molecular weight is 274 g/mol. The maximum Gasteiger partial charge on any atom is 0.286 e. The van der Waals surface area contributed by atoms with E-state index < -0.39 is 0 Å². The van der Waals surface area contributed by atoms with Crippen LogP contribution in [0, 0.1) is 0 Å². The molecule has 0 radical (unpaired) electrons. The van der Waals surface area contributed by atoms with Crippen molar-refractivity contribution in [3.63, 3.8) is 0 Å². The van der Waals surface area contributed by atoms with E-state index in [0.29, 0.717) is 10.1 Å². The molecule has 0 aliphatic heterocycles. The Kier molecular flexibility index (Phi) is 3.16. The van der Waals surface area contributed by atoms with Crippen LogP contribution < -0.4 is 10.6 Å². The van der Waals surface area contributed by atoms with Crippen LogP contribution in [0.4, 0.5) is 10.8 Å². The minimum atomic E-state index is -0.211. The second-order valence-electron chi connectivity index (χ2n) is 4.45. The van der Waals surface area contributed by atoms with Gasteiger partial charge in [-0.3, -0.25) is 4.79 Å². The van der Waals surface area contributed by atoms with Crippen molar-refractivity contribution in [3.8, 4) is 0 Å². The van der Waals surface area contributed by atoms with E-state index in [9.17, 15) is 4.79 Å². The quantitative estimate of drug-likeness (QED) is 0.901. The van der Waals surface area contributed by atoms with Crippen LogP contribution >= 0.6 is 11.3 Å². The summed E-state index contributed by atoms with van der Waals surface area (Å²) in [5.41, 5.74) is 3.56.